The summed E-state index contributed by atoms with van der Waals surface area (Å²) in [6.45, 7) is 0.920. The first-order valence-electron chi connectivity index (χ1n) is 9.84. The summed E-state index contributed by atoms with van der Waals surface area (Å²) in [6, 6.07) is 16.6. The van der Waals surface area contributed by atoms with Crippen molar-refractivity contribution in [2.75, 3.05) is 25.5 Å². The molecule has 0 aliphatic rings. The number of hydrogen-bond acceptors (Lipinski definition) is 5. The van der Waals surface area contributed by atoms with Crippen LogP contribution in [0.1, 0.15) is 10.4 Å². The predicted molar refractivity (Wildman–Crippen MR) is 125 cm³/mol. The van der Waals surface area contributed by atoms with Crippen LogP contribution in [0, 0.1) is 0 Å². The Morgan fingerprint density at radius 3 is 2.74 bits per heavy atom. The molecule has 0 fully saturated rings. The van der Waals surface area contributed by atoms with Gasteiger partial charge in [-0.05, 0) is 23.7 Å². The number of methoxy groups -OCH3 is 1. The molecule has 2 aromatic carbocycles. The summed E-state index contributed by atoms with van der Waals surface area (Å²) in [7, 11) is 3.51. The fourth-order valence-electron chi connectivity index (χ4n) is 3.30. The van der Waals surface area contributed by atoms with Gasteiger partial charge in [0, 0.05) is 35.9 Å². The standard InChI is InChI=1S/C22H21BClN5O2/c1-31-19-9-5-3-7-15(19)22(30)26-11-10-25-20-12-18(14-6-2-4-8-17(14)24)28-21-16(23)13-27-29(20)21/h2-9,12-13,25H,10-11,23H2,1H3,(H,26,30). The number of fused-ring (bicyclic) bond motifs is 1. The lowest BCUT2D eigenvalue weighted by molar-refractivity contribution is 0.0952. The average molecular weight is 434 g/mol. The van der Waals surface area contributed by atoms with Gasteiger partial charge in [-0.3, -0.25) is 4.79 Å². The van der Waals surface area contributed by atoms with Gasteiger partial charge in [-0.15, -0.1) is 0 Å². The van der Waals surface area contributed by atoms with Crippen molar-refractivity contribution in [1.29, 1.82) is 0 Å². The van der Waals surface area contributed by atoms with Crippen molar-refractivity contribution in [3.05, 3.63) is 71.4 Å². The molecular formula is C22H21BClN5O2. The Bertz CT molecular complexity index is 1240. The van der Waals surface area contributed by atoms with E-state index in [1.165, 1.54) is 0 Å². The number of carbonyl (C=O) groups is 1. The number of carbonyl (C=O) groups excluding carboxylic acids is 1. The highest BCUT2D eigenvalue weighted by Gasteiger charge is 2.13. The summed E-state index contributed by atoms with van der Waals surface area (Å²) < 4.78 is 7.00. The third-order valence-electron chi connectivity index (χ3n) is 4.87. The number of ether oxygens (including phenoxy) is 1. The van der Waals surface area contributed by atoms with Gasteiger partial charge < -0.3 is 15.4 Å². The van der Waals surface area contributed by atoms with Crippen LogP contribution in [0.3, 0.4) is 0 Å². The topological polar surface area (TPSA) is 80.5 Å². The lowest BCUT2D eigenvalue weighted by atomic mass is 10.0. The SMILES string of the molecule is Bc1cnn2c(NCCNC(=O)c3ccccc3OC)cc(-c3ccccc3Cl)nc12. The zero-order valence-electron chi connectivity index (χ0n) is 17.2. The van der Waals surface area contributed by atoms with Gasteiger partial charge in [0.15, 0.2) is 5.65 Å². The fraction of sp³-hybridized carbons (Fsp3) is 0.136. The summed E-state index contributed by atoms with van der Waals surface area (Å²) in [4.78, 5) is 17.2. The first kappa shape index (κ1) is 20.7. The van der Waals surface area contributed by atoms with E-state index in [1.54, 1.807) is 36.0 Å². The molecule has 0 unspecified atom stereocenters. The van der Waals surface area contributed by atoms with E-state index in [9.17, 15) is 4.79 Å². The van der Waals surface area contributed by atoms with E-state index in [-0.39, 0.29) is 5.91 Å². The number of rotatable bonds is 7. The average Bonchev–Trinajstić information content (AvgIpc) is 3.17. The number of anilines is 1. The molecule has 0 bridgehead atoms. The van der Waals surface area contributed by atoms with Gasteiger partial charge in [0.25, 0.3) is 5.91 Å². The Labute approximate surface area is 185 Å². The predicted octanol–water partition coefficient (Wildman–Crippen LogP) is 2.16. The lowest BCUT2D eigenvalue weighted by Crippen LogP contribution is -2.29. The molecule has 0 aliphatic carbocycles. The van der Waals surface area contributed by atoms with Crippen LogP contribution in [0.5, 0.6) is 5.75 Å². The second-order valence-corrected chi connectivity index (χ2v) is 7.36. The van der Waals surface area contributed by atoms with Crippen LogP contribution in [0.2, 0.25) is 5.02 Å². The number of halogens is 1. The Balaban J connectivity index is 1.51. The molecular weight excluding hydrogens is 413 g/mol. The summed E-state index contributed by atoms with van der Waals surface area (Å²) >= 11 is 6.38. The maximum Gasteiger partial charge on any atom is 0.255 e. The van der Waals surface area contributed by atoms with Crippen LogP contribution >= 0.6 is 11.6 Å². The maximum atomic E-state index is 12.5. The van der Waals surface area contributed by atoms with E-state index >= 15 is 0 Å². The molecule has 156 valence electrons. The largest absolute Gasteiger partial charge is 0.496 e. The molecule has 2 N–H and O–H groups in total. The lowest BCUT2D eigenvalue weighted by Gasteiger charge is -2.13. The van der Waals surface area contributed by atoms with Crippen molar-refractivity contribution >= 4 is 42.3 Å². The van der Waals surface area contributed by atoms with Crippen molar-refractivity contribution in [2.45, 2.75) is 0 Å². The molecule has 0 saturated carbocycles. The molecule has 9 heteroatoms. The minimum Gasteiger partial charge on any atom is -0.496 e. The van der Waals surface area contributed by atoms with E-state index in [2.05, 4.69) is 15.7 Å². The van der Waals surface area contributed by atoms with Crippen molar-refractivity contribution in [1.82, 2.24) is 19.9 Å². The van der Waals surface area contributed by atoms with E-state index in [4.69, 9.17) is 21.3 Å². The molecule has 0 spiro atoms. The summed E-state index contributed by atoms with van der Waals surface area (Å²) in [6.07, 6.45) is 1.77. The van der Waals surface area contributed by atoms with Gasteiger partial charge in [0.1, 0.15) is 19.4 Å². The highest BCUT2D eigenvalue weighted by atomic mass is 35.5. The zero-order chi connectivity index (χ0) is 21.8. The van der Waals surface area contributed by atoms with Crippen LogP contribution < -0.4 is 20.8 Å². The molecule has 31 heavy (non-hydrogen) atoms. The maximum absolute atomic E-state index is 12.5. The highest BCUT2D eigenvalue weighted by molar-refractivity contribution is 6.36. The number of benzene rings is 2. The minimum absolute atomic E-state index is 0.189. The Morgan fingerprint density at radius 2 is 1.94 bits per heavy atom. The van der Waals surface area contributed by atoms with Crippen LogP contribution in [-0.4, -0.2) is 48.6 Å². The first-order chi connectivity index (χ1) is 15.1. The molecule has 0 saturated heterocycles. The fourth-order valence-corrected chi connectivity index (χ4v) is 3.53. The molecule has 0 radical (unpaired) electrons. The minimum atomic E-state index is -0.189. The monoisotopic (exact) mass is 433 g/mol. The third-order valence-corrected chi connectivity index (χ3v) is 5.20. The van der Waals surface area contributed by atoms with Gasteiger partial charge >= 0.3 is 0 Å². The number of nitrogens with one attached hydrogen (secondary N) is 2. The Kier molecular flexibility index (Phi) is 6.09. The van der Waals surface area contributed by atoms with Gasteiger partial charge in [-0.1, -0.05) is 41.9 Å². The second-order valence-electron chi connectivity index (χ2n) is 6.95. The van der Waals surface area contributed by atoms with Gasteiger partial charge in [0.05, 0.1) is 18.4 Å². The number of aromatic nitrogens is 3. The molecule has 1 amide bonds. The Hall–Kier alpha value is -3.52. The normalized spacial score (nSPS) is 10.8. The summed E-state index contributed by atoms with van der Waals surface area (Å²) in [5.74, 6) is 1.12. The van der Waals surface area contributed by atoms with E-state index in [0.717, 1.165) is 28.2 Å². The van der Waals surface area contributed by atoms with Crippen molar-refractivity contribution in [2.24, 2.45) is 0 Å². The molecule has 7 nitrogen and oxygen atoms in total. The molecule has 4 aromatic rings. The van der Waals surface area contributed by atoms with Crippen LogP contribution in [0.15, 0.2) is 60.8 Å². The van der Waals surface area contributed by atoms with Gasteiger partial charge in [-0.25, -0.2) is 4.98 Å². The molecule has 2 aromatic heterocycles. The quantitative estimate of drug-likeness (QED) is 0.345. The molecule has 2 heterocycles. The molecule has 0 aliphatic heterocycles. The molecule has 4 rings (SSSR count). The van der Waals surface area contributed by atoms with Crippen LogP contribution in [0.4, 0.5) is 5.82 Å². The van der Waals surface area contributed by atoms with Crippen molar-refractivity contribution < 1.29 is 9.53 Å². The van der Waals surface area contributed by atoms with Gasteiger partial charge in [0.2, 0.25) is 0 Å². The van der Waals surface area contributed by atoms with E-state index in [0.29, 0.717) is 29.4 Å². The van der Waals surface area contributed by atoms with Crippen LogP contribution in [-0.2, 0) is 0 Å². The number of amides is 1. The van der Waals surface area contributed by atoms with E-state index < -0.39 is 0 Å². The Morgan fingerprint density at radius 1 is 1.16 bits per heavy atom. The zero-order valence-corrected chi connectivity index (χ0v) is 18.0. The number of hydrogen-bond donors (Lipinski definition) is 2. The summed E-state index contributed by atoms with van der Waals surface area (Å²) in [5.41, 5.74) is 3.81. The van der Waals surface area contributed by atoms with Crippen molar-refractivity contribution in [3.63, 3.8) is 0 Å². The second kappa shape index (κ2) is 9.10. The highest BCUT2D eigenvalue weighted by Crippen LogP contribution is 2.28. The first-order valence-corrected chi connectivity index (χ1v) is 10.2. The van der Waals surface area contributed by atoms with Gasteiger partial charge in [-0.2, -0.15) is 9.61 Å². The van der Waals surface area contributed by atoms with Crippen molar-refractivity contribution in [3.8, 4) is 17.0 Å². The third kappa shape index (κ3) is 4.34. The molecule has 0 atom stereocenters. The van der Waals surface area contributed by atoms with E-state index in [1.807, 2.05) is 44.2 Å². The smallest absolute Gasteiger partial charge is 0.255 e. The summed E-state index contributed by atoms with van der Waals surface area (Å²) in [5, 5.41) is 11.3. The number of para-hydroxylation sites is 1. The van der Waals surface area contributed by atoms with Crippen LogP contribution in [0.25, 0.3) is 16.9 Å². The number of nitrogens with zero attached hydrogens (tertiary/aromatic N) is 3.